The van der Waals surface area contributed by atoms with Gasteiger partial charge in [0.1, 0.15) is 5.75 Å². The van der Waals surface area contributed by atoms with Crippen LogP contribution in [0.1, 0.15) is 15.9 Å². The molecule has 7 heteroatoms. The second kappa shape index (κ2) is 7.17. The zero-order chi connectivity index (χ0) is 16.8. The van der Waals surface area contributed by atoms with E-state index in [1.54, 1.807) is 30.3 Å². The zero-order valence-electron chi connectivity index (χ0n) is 12.2. The number of methoxy groups -OCH3 is 1. The molecule has 0 bridgehead atoms. The topological polar surface area (TPSA) is 95.7 Å². The van der Waals surface area contributed by atoms with Gasteiger partial charge >= 0.3 is 11.9 Å². The Labute approximate surface area is 131 Å². The molecule has 0 spiro atoms. The number of rotatable bonds is 5. The van der Waals surface area contributed by atoms with Gasteiger partial charge in [-0.15, -0.1) is 0 Å². The van der Waals surface area contributed by atoms with Crippen molar-refractivity contribution in [3.05, 3.63) is 69.8 Å². The van der Waals surface area contributed by atoms with E-state index in [1.807, 2.05) is 0 Å². The number of benzene rings is 2. The summed E-state index contributed by atoms with van der Waals surface area (Å²) in [4.78, 5) is 33.7. The minimum atomic E-state index is -0.641. The Morgan fingerprint density at radius 2 is 1.83 bits per heavy atom. The molecule has 2 aromatic carbocycles. The van der Waals surface area contributed by atoms with Gasteiger partial charge < -0.3 is 9.47 Å². The van der Waals surface area contributed by atoms with E-state index in [0.29, 0.717) is 5.56 Å². The van der Waals surface area contributed by atoms with Crippen LogP contribution >= 0.6 is 0 Å². The predicted molar refractivity (Wildman–Crippen MR) is 80.2 cm³/mol. The normalized spacial score (nSPS) is 9.96. The van der Waals surface area contributed by atoms with Crippen LogP contribution in [0.4, 0.5) is 5.69 Å². The molecule has 0 aromatic heterocycles. The smallest absolute Gasteiger partial charge is 0.343 e. The van der Waals surface area contributed by atoms with Gasteiger partial charge in [0, 0.05) is 5.56 Å². The second-order valence-electron chi connectivity index (χ2n) is 4.56. The number of hydrogen-bond acceptors (Lipinski definition) is 6. The summed E-state index contributed by atoms with van der Waals surface area (Å²) in [5.41, 5.74) is 0.198. The zero-order valence-corrected chi connectivity index (χ0v) is 12.2. The number of nitrogens with zero attached hydrogens (tertiary/aromatic N) is 1. The summed E-state index contributed by atoms with van der Waals surface area (Å²) in [7, 11) is 1.20. The molecule has 0 fully saturated rings. The summed E-state index contributed by atoms with van der Waals surface area (Å²) in [5.74, 6) is -1.19. The Morgan fingerprint density at radius 3 is 2.43 bits per heavy atom. The SMILES string of the molecule is COC(=O)Cc1ccc(OC(=O)c2ccccc2)cc1[N+](=O)[O-]. The number of carbonyl (C=O) groups excluding carboxylic acids is 2. The molecule has 118 valence electrons. The summed E-state index contributed by atoms with van der Waals surface area (Å²) >= 11 is 0. The average molecular weight is 315 g/mol. The Hall–Kier alpha value is -3.22. The molecule has 2 aromatic rings. The third-order valence-corrected chi connectivity index (χ3v) is 3.04. The summed E-state index contributed by atoms with van der Waals surface area (Å²) in [6.07, 6.45) is -0.236. The predicted octanol–water partition coefficient (Wildman–Crippen LogP) is 2.53. The molecule has 23 heavy (non-hydrogen) atoms. The minimum Gasteiger partial charge on any atom is -0.469 e. The maximum absolute atomic E-state index is 11.9. The molecule has 0 amide bonds. The van der Waals surface area contributed by atoms with Crippen LogP contribution in [0.15, 0.2) is 48.5 Å². The van der Waals surface area contributed by atoms with E-state index in [9.17, 15) is 19.7 Å². The lowest BCUT2D eigenvalue weighted by Crippen LogP contribution is -2.10. The van der Waals surface area contributed by atoms with Crippen molar-refractivity contribution in [2.45, 2.75) is 6.42 Å². The van der Waals surface area contributed by atoms with E-state index < -0.39 is 16.9 Å². The third-order valence-electron chi connectivity index (χ3n) is 3.04. The van der Waals surface area contributed by atoms with Gasteiger partial charge in [-0.25, -0.2) is 4.79 Å². The lowest BCUT2D eigenvalue weighted by molar-refractivity contribution is -0.385. The van der Waals surface area contributed by atoms with Crippen molar-refractivity contribution in [3.8, 4) is 5.75 Å². The highest BCUT2D eigenvalue weighted by atomic mass is 16.6. The summed E-state index contributed by atoms with van der Waals surface area (Å²) < 4.78 is 9.61. The first-order valence-corrected chi connectivity index (χ1v) is 6.62. The number of esters is 2. The molecule has 7 nitrogen and oxygen atoms in total. The van der Waals surface area contributed by atoms with Crippen molar-refractivity contribution in [2.75, 3.05) is 7.11 Å². The highest BCUT2D eigenvalue weighted by Crippen LogP contribution is 2.26. The highest BCUT2D eigenvalue weighted by molar-refractivity contribution is 5.91. The van der Waals surface area contributed by atoms with E-state index in [2.05, 4.69) is 4.74 Å². The molecule has 2 rings (SSSR count). The Kier molecular flexibility index (Phi) is 5.03. The molecule has 0 radical (unpaired) electrons. The van der Waals surface area contributed by atoms with Crippen molar-refractivity contribution >= 4 is 17.6 Å². The maximum atomic E-state index is 11.9. The Bertz CT molecular complexity index is 741. The van der Waals surface area contributed by atoms with Crippen LogP contribution in [-0.4, -0.2) is 24.0 Å². The summed E-state index contributed by atoms with van der Waals surface area (Å²) in [5, 5.41) is 11.1. The van der Waals surface area contributed by atoms with Crippen LogP contribution in [0.5, 0.6) is 5.75 Å². The van der Waals surface area contributed by atoms with Gasteiger partial charge in [-0.3, -0.25) is 14.9 Å². The fourth-order valence-electron chi connectivity index (χ4n) is 1.89. The van der Waals surface area contributed by atoms with Crippen LogP contribution in [0.25, 0.3) is 0 Å². The number of ether oxygens (including phenoxy) is 2. The van der Waals surface area contributed by atoms with E-state index in [-0.39, 0.29) is 23.4 Å². The average Bonchev–Trinajstić information content (AvgIpc) is 2.56. The van der Waals surface area contributed by atoms with E-state index in [4.69, 9.17) is 4.74 Å². The Morgan fingerprint density at radius 1 is 1.13 bits per heavy atom. The highest BCUT2D eigenvalue weighted by Gasteiger charge is 2.19. The van der Waals surface area contributed by atoms with Crippen molar-refractivity contribution in [1.29, 1.82) is 0 Å². The summed E-state index contributed by atoms with van der Waals surface area (Å²) in [6.45, 7) is 0. The number of nitro groups is 1. The molecule has 0 aliphatic rings. The van der Waals surface area contributed by atoms with Crippen LogP contribution in [0.2, 0.25) is 0 Å². The molecule has 0 saturated heterocycles. The fourth-order valence-corrected chi connectivity index (χ4v) is 1.89. The molecule has 0 heterocycles. The number of hydrogen-bond donors (Lipinski definition) is 0. The van der Waals surface area contributed by atoms with Gasteiger partial charge in [0.2, 0.25) is 0 Å². The van der Waals surface area contributed by atoms with Gasteiger partial charge in [0.05, 0.1) is 30.1 Å². The molecule has 0 unspecified atom stereocenters. The maximum Gasteiger partial charge on any atom is 0.343 e. The molecule has 0 atom stereocenters. The van der Waals surface area contributed by atoms with E-state index in [0.717, 1.165) is 6.07 Å². The standard InChI is InChI=1S/C16H13NO6/c1-22-15(18)9-12-7-8-13(10-14(12)17(20)21)23-16(19)11-5-3-2-4-6-11/h2-8,10H,9H2,1H3. The largest absolute Gasteiger partial charge is 0.469 e. The van der Waals surface area contributed by atoms with Crippen molar-refractivity contribution in [1.82, 2.24) is 0 Å². The minimum absolute atomic E-state index is 0.0270. The monoisotopic (exact) mass is 315 g/mol. The molecular weight excluding hydrogens is 302 g/mol. The van der Waals surface area contributed by atoms with Crippen LogP contribution in [0.3, 0.4) is 0 Å². The molecule has 0 aliphatic heterocycles. The molecule has 0 N–H and O–H groups in total. The van der Waals surface area contributed by atoms with Crippen LogP contribution in [0, 0.1) is 10.1 Å². The molecular formula is C16H13NO6. The quantitative estimate of drug-likeness (QED) is 0.364. The van der Waals surface area contributed by atoms with Crippen LogP contribution < -0.4 is 4.74 Å². The van der Waals surface area contributed by atoms with Gasteiger partial charge in [-0.1, -0.05) is 18.2 Å². The first-order chi connectivity index (χ1) is 11.0. The lowest BCUT2D eigenvalue weighted by atomic mass is 10.1. The van der Waals surface area contributed by atoms with Crippen LogP contribution in [-0.2, 0) is 16.0 Å². The van der Waals surface area contributed by atoms with Gasteiger partial charge in [-0.2, -0.15) is 0 Å². The second-order valence-corrected chi connectivity index (χ2v) is 4.56. The van der Waals surface area contributed by atoms with E-state index >= 15 is 0 Å². The van der Waals surface area contributed by atoms with Gasteiger partial charge in [0.15, 0.2) is 0 Å². The first kappa shape index (κ1) is 16.2. The molecule has 0 aliphatic carbocycles. The van der Waals surface area contributed by atoms with Gasteiger partial charge in [0.25, 0.3) is 5.69 Å². The fraction of sp³-hybridized carbons (Fsp3) is 0.125. The number of nitro benzene ring substituents is 1. The number of carbonyl (C=O) groups is 2. The van der Waals surface area contributed by atoms with Crippen molar-refractivity contribution in [2.24, 2.45) is 0 Å². The third kappa shape index (κ3) is 4.13. The summed E-state index contributed by atoms with van der Waals surface area (Å²) in [6, 6.07) is 12.1. The van der Waals surface area contributed by atoms with Crippen molar-refractivity contribution < 1.29 is 24.0 Å². The Balaban J connectivity index is 2.24. The molecule has 0 saturated carbocycles. The van der Waals surface area contributed by atoms with Crippen molar-refractivity contribution in [3.63, 3.8) is 0 Å². The van der Waals surface area contributed by atoms with Gasteiger partial charge in [-0.05, 0) is 24.3 Å². The van der Waals surface area contributed by atoms with E-state index in [1.165, 1.54) is 19.2 Å². The first-order valence-electron chi connectivity index (χ1n) is 6.62. The lowest BCUT2D eigenvalue weighted by Gasteiger charge is -2.06.